The number of rotatable bonds is 3. The Morgan fingerprint density at radius 1 is 1.10 bits per heavy atom. The summed E-state index contributed by atoms with van der Waals surface area (Å²) in [6, 6.07) is 5.11. The van der Waals surface area contributed by atoms with Crippen molar-refractivity contribution in [3.63, 3.8) is 0 Å². The van der Waals surface area contributed by atoms with E-state index in [9.17, 15) is 17.6 Å². The van der Waals surface area contributed by atoms with E-state index in [0.29, 0.717) is 12.8 Å². The first kappa shape index (κ1) is 15.3. The molecule has 1 fully saturated rings. The van der Waals surface area contributed by atoms with Crippen LogP contribution in [0.15, 0.2) is 24.3 Å². The van der Waals surface area contributed by atoms with Gasteiger partial charge in [-0.25, -0.2) is 4.39 Å². The van der Waals surface area contributed by atoms with E-state index in [0.717, 1.165) is 12.0 Å². The Morgan fingerprint density at radius 2 is 1.70 bits per heavy atom. The Balaban J connectivity index is 2.05. The van der Waals surface area contributed by atoms with Crippen molar-refractivity contribution < 1.29 is 17.6 Å². The molecule has 0 amide bonds. The number of alkyl halides is 3. The van der Waals surface area contributed by atoms with Gasteiger partial charge in [0.1, 0.15) is 5.82 Å². The molecule has 0 heterocycles. The second-order valence-electron chi connectivity index (χ2n) is 5.48. The quantitative estimate of drug-likeness (QED) is 0.802. The van der Waals surface area contributed by atoms with Crippen LogP contribution < -0.4 is 5.32 Å². The molecule has 20 heavy (non-hydrogen) atoms. The van der Waals surface area contributed by atoms with Gasteiger partial charge in [0.2, 0.25) is 0 Å². The smallest absolute Gasteiger partial charge is 0.307 e. The lowest BCUT2D eigenvalue weighted by Crippen LogP contribution is -2.46. The lowest BCUT2D eigenvalue weighted by Gasteiger charge is -2.35. The minimum atomic E-state index is -4.15. The summed E-state index contributed by atoms with van der Waals surface area (Å²) in [6.07, 6.45) is -1.97. The molecule has 0 saturated heterocycles. The highest BCUT2D eigenvalue weighted by Crippen LogP contribution is 2.38. The molecule has 1 aliphatic rings. The number of benzene rings is 1. The lowest BCUT2D eigenvalue weighted by molar-refractivity contribution is -0.189. The third kappa shape index (κ3) is 3.72. The van der Waals surface area contributed by atoms with Gasteiger partial charge in [0, 0.05) is 12.1 Å². The van der Waals surface area contributed by atoms with Crippen LogP contribution in [0.3, 0.4) is 0 Å². The van der Waals surface area contributed by atoms with E-state index >= 15 is 0 Å². The van der Waals surface area contributed by atoms with Crippen LogP contribution in [0.5, 0.6) is 0 Å². The largest absolute Gasteiger partial charge is 0.393 e. The van der Waals surface area contributed by atoms with Crippen LogP contribution in [0.1, 0.15) is 44.2 Å². The topological polar surface area (TPSA) is 12.0 Å². The molecule has 1 N–H and O–H groups in total. The van der Waals surface area contributed by atoms with Crippen LogP contribution in [0, 0.1) is 11.7 Å². The Labute approximate surface area is 116 Å². The molecule has 5 heteroatoms. The summed E-state index contributed by atoms with van der Waals surface area (Å²) in [4.78, 5) is 0. The second kappa shape index (κ2) is 6.12. The average Bonchev–Trinajstić information content (AvgIpc) is 2.38. The Hall–Kier alpha value is -1.10. The van der Waals surface area contributed by atoms with Crippen molar-refractivity contribution in [3.8, 4) is 0 Å². The molecule has 3 atom stereocenters. The van der Waals surface area contributed by atoms with E-state index in [4.69, 9.17) is 0 Å². The van der Waals surface area contributed by atoms with Gasteiger partial charge in [-0.05, 0) is 37.5 Å². The van der Waals surface area contributed by atoms with E-state index in [2.05, 4.69) is 5.32 Å². The third-order valence-corrected chi connectivity index (χ3v) is 4.02. The van der Waals surface area contributed by atoms with Gasteiger partial charge in [-0.3, -0.25) is 0 Å². The molecule has 1 aromatic carbocycles. The highest BCUT2D eigenvalue weighted by molar-refractivity contribution is 5.19. The zero-order valence-electron chi connectivity index (χ0n) is 11.4. The normalized spacial score (nSPS) is 25.4. The van der Waals surface area contributed by atoms with Gasteiger partial charge in [0.05, 0.1) is 5.92 Å². The first-order valence-corrected chi connectivity index (χ1v) is 6.96. The average molecular weight is 289 g/mol. The highest BCUT2D eigenvalue weighted by Gasteiger charge is 2.45. The zero-order chi connectivity index (χ0) is 14.8. The highest BCUT2D eigenvalue weighted by atomic mass is 19.4. The number of hydrogen-bond acceptors (Lipinski definition) is 1. The van der Waals surface area contributed by atoms with E-state index < -0.39 is 18.1 Å². The molecular weight excluding hydrogens is 270 g/mol. The maximum Gasteiger partial charge on any atom is 0.393 e. The number of nitrogens with one attached hydrogen (secondary N) is 1. The molecule has 1 aromatic rings. The van der Waals surface area contributed by atoms with Crippen LogP contribution in [0.4, 0.5) is 17.6 Å². The van der Waals surface area contributed by atoms with Gasteiger partial charge >= 0.3 is 6.18 Å². The second-order valence-corrected chi connectivity index (χ2v) is 5.48. The molecule has 0 bridgehead atoms. The maximum atomic E-state index is 13.0. The molecule has 0 spiro atoms. The summed E-state index contributed by atoms with van der Waals surface area (Å²) < 4.78 is 51.9. The molecular formula is C15H19F4N. The molecule has 1 saturated carbocycles. The predicted octanol–water partition coefficient (Wildman–Crippen LogP) is 4.60. The molecule has 2 rings (SSSR count). The first-order chi connectivity index (χ1) is 9.38. The molecule has 0 aromatic heterocycles. The summed E-state index contributed by atoms with van der Waals surface area (Å²) in [6.45, 7) is 1.81. The van der Waals surface area contributed by atoms with E-state index in [1.807, 2.05) is 6.92 Å². The molecule has 3 unspecified atom stereocenters. The summed E-state index contributed by atoms with van der Waals surface area (Å²) in [5.74, 6) is -1.62. The fourth-order valence-electron chi connectivity index (χ4n) is 2.89. The van der Waals surface area contributed by atoms with Gasteiger partial charge in [0.25, 0.3) is 0 Å². The minimum Gasteiger partial charge on any atom is -0.307 e. The van der Waals surface area contributed by atoms with E-state index in [1.165, 1.54) is 12.1 Å². The molecule has 112 valence electrons. The van der Waals surface area contributed by atoms with Gasteiger partial charge in [-0.2, -0.15) is 13.2 Å². The van der Waals surface area contributed by atoms with E-state index in [1.54, 1.807) is 12.1 Å². The van der Waals surface area contributed by atoms with Crippen LogP contribution in [-0.2, 0) is 0 Å². The van der Waals surface area contributed by atoms with Gasteiger partial charge < -0.3 is 5.32 Å². The standard InChI is InChI=1S/C15H19F4N/c1-10(11-6-8-12(16)9-7-11)20-14-5-3-2-4-13(14)15(17,18)19/h6-10,13-14,20H,2-5H2,1H3. The summed E-state index contributed by atoms with van der Waals surface area (Å²) in [5.41, 5.74) is 0.804. The van der Waals surface area contributed by atoms with Crippen molar-refractivity contribution in [1.82, 2.24) is 5.32 Å². The third-order valence-electron chi connectivity index (χ3n) is 4.02. The van der Waals surface area contributed by atoms with E-state index in [-0.39, 0.29) is 18.3 Å². The van der Waals surface area contributed by atoms with Crippen LogP contribution in [-0.4, -0.2) is 12.2 Å². The molecule has 0 radical (unpaired) electrons. The zero-order valence-corrected chi connectivity index (χ0v) is 11.4. The Bertz CT molecular complexity index is 426. The summed E-state index contributed by atoms with van der Waals surface area (Å²) >= 11 is 0. The summed E-state index contributed by atoms with van der Waals surface area (Å²) in [5, 5.41) is 3.07. The number of hydrogen-bond donors (Lipinski definition) is 1. The van der Waals surface area contributed by atoms with Crippen molar-refractivity contribution in [2.24, 2.45) is 5.92 Å². The van der Waals surface area contributed by atoms with Crippen LogP contribution in [0.25, 0.3) is 0 Å². The molecule has 0 aliphatic heterocycles. The van der Waals surface area contributed by atoms with Crippen molar-refractivity contribution in [2.75, 3.05) is 0 Å². The Morgan fingerprint density at radius 3 is 2.30 bits per heavy atom. The first-order valence-electron chi connectivity index (χ1n) is 6.96. The fraction of sp³-hybridized carbons (Fsp3) is 0.600. The van der Waals surface area contributed by atoms with Gasteiger partial charge in [-0.15, -0.1) is 0 Å². The lowest BCUT2D eigenvalue weighted by atomic mass is 9.83. The predicted molar refractivity (Wildman–Crippen MR) is 69.8 cm³/mol. The fourth-order valence-corrected chi connectivity index (χ4v) is 2.89. The number of halogens is 4. The van der Waals surface area contributed by atoms with Crippen molar-refractivity contribution in [2.45, 2.75) is 50.9 Å². The minimum absolute atomic E-state index is 0.192. The van der Waals surface area contributed by atoms with Gasteiger partial charge in [-0.1, -0.05) is 25.0 Å². The maximum absolute atomic E-state index is 13.0. The molecule has 1 nitrogen and oxygen atoms in total. The van der Waals surface area contributed by atoms with Crippen LogP contribution in [0.2, 0.25) is 0 Å². The van der Waals surface area contributed by atoms with Crippen molar-refractivity contribution in [3.05, 3.63) is 35.6 Å². The summed E-state index contributed by atoms with van der Waals surface area (Å²) in [7, 11) is 0. The van der Waals surface area contributed by atoms with Crippen LogP contribution >= 0.6 is 0 Å². The van der Waals surface area contributed by atoms with Gasteiger partial charge in [0.15, 0.2) is 0 Å². The van der Waals surface area contributed by atoms with Crippen molar-refractivity contribution in [1.29, 1.82) is 0 Å². The monoisotopic (exact) mass is 289 g/mol. The Kier molecular flexibility index (Phi) is 4.68. The SMILES string of the molecule is CC(NC1CCCCC1C(F)(F)F)c1ccc(F)cc1. The molecule has 1 aliphatic carbocycles. The van der Waals surface area contributed by atoms with Crippen molar-refractivity contribution >= 4 is 0 Å².